The molecular formula is C23H11F15N2O2. The lowest BCUT2D eigenvalue weighted by Crippen LogP contribution is -2.18. The quantitative estimate of drug-likeness (QED) is 0.222. The van der Waals surface area contributed by atoms with Crippen LogP contribution in [-0.2, 0) is 30.9 Å². The van der Waals surface area contributed by atoms with Crippen molar-refractivity contribution in [3.05, 3.63) is 70.3 Å². The number of hydrogen-bond acceptors (Lipinski definition) is 4. The third kappa shape index (κ3) is 6.48. The van der Waals surface area contributed by atoms with Gasteiger partial charge in [0.05, 0.1) is 11.1 Å². The van der Waals surface area contributed by atoms with Crippen molar-refractivity contribution in [1.29, 1.82) is 0 Å². The van der Waals surface area contributed by atoms with E-state index in [1.54, 1.807) is 0 Å². The smallest absolute Gasteiger partial charge is 0.423 e. The number of hydrogen-bond donors (Lipinski definition) is 2. The van der Waals surface area contributed by atoms with E-state index >= 15 is 0 Å². The van der Waals surface area contributed by atoms with Crippen molar-refractivity contribution in [3.8, 4) is 23.0 Å². The van der Waals surface area contributed by atoms with Crippen LogP contribution in [0.4, 0.5) is 77.2 Å². The van der Waals surface area contributed by atoms with Gasteiger partial charge in [0.15, 0.2) is 11.5 Å². The molecule has 0 unspecified atom stereocenters. The topological polar surface area (TPSA) is 70.5 Å². The Morgan fingerprint density at radius 1 is 0.405 bits per heavy atom. The van der Waals surface area contributed by atoms with Gasteiger partial charge >= 0.3 is 30.9 Å². The molecule has 19 heteroatoms. The number of nitrogen functional groups attached to an aromatic ring is 2. The molecule has 230 valence electrons. The summed E-state index contributed by atoms with van der Waals surface area (Å²) < 4.78 is 214. The summed E-state index contributed by atoms with van der Waals surface area (Å²) in [6.45, 7) is 0. The third-order valence-electron chi connectivity index (χ3n) is 5.25. The molecule has 0 saturated carbocycles. The number of benzene rings is 3. The second-order valence-electron chi connectivity index (χ2n) is 8.14. The zero-order valence-corrected chi connectivity index (χ0v) is 19.7. The Bertz CT molecular complexity index is 1380. The fourth-order valence-electron chi connectivity index (χ4n) is 3.62. The molecule has 0 heterocycles. The first-order valence-electron chi connectivity index (χ1n) is 10.5. The van der Waals surface area contributed by atoms with Crippen molar-refractivity contribution in [2.45, 2.75) is 30.9 Å². The molecule has 3 aromatic carbocycles. The third-order valence-corrected chi connectivity index (χ3v) is 5.25. The van der Waals surface area contributed by atoms with Crippen molar-refractivity contribution in [2.24, 2.45) is 0 Å². The van der Waals surface area contributed by atoms with E-state index < -0.39 is 93.1 Å². The van der Waals surface area contributed by atoms with Gasteiger partial charge in [-0.25, -0.2) is 0 Å². The largest absolute Gasteiger partial charge is 0.455 e. The number of halogens is 15. The maximum absolute atomic E-state index is 14.1. The molecule has 4 nitrogen and oxygen atoms in total. The molecule has 0 amide bonds. The highest BCUT2D eigenvalue weighted by atomic mass is 19.4. The fraction of sp³-hybridized carbons (Fsp3) is 0.217. The van der Waals surface area contributed by atoms with E-state index in [0.717, 1.165) is 0 Å². The average molecular weight is 632 g/mol. The van der Waals surface area contributed by atoms with Crippen LogP contribution in [0, 0.1) is 0 Å². The minimum Gasteiger partial charge on any atom is -0.455 e. The van der Waals surface area contributed by atoms with Gasteiger partial charge in [-0.15, -0.1) is 0 Å². The Labute approximate surface area is 223 Å². The highest BCUT2D eigenvalue weighted by Crippen LogP contribution is 2.53. The number of nitrogens with two attached hydrogens (primary N) is 2. The Kier molecular flexibility index (Phi) is 7.90. The molecule has 0 fully saturated rings. The highest BCUT2D eigenvalue weighted by Gasteiger charge is 2.47. The van der Waals surface area contributed by atoms with E-state index in [9.17, 15) is 65.9 Å². The van der Waals surface area contributed by atoms with Gasteiger partial charge in [-0.3, -0.25) is 0 Å². The summed E-state index contributed by atoms with van der Waals surface area (Å²) in [5.41, 5.74) is -4.35. The first-order valence-corrected chi connectivity index (χ1v) is 10.5. The predicted molar refractivity (Wildman–Crippen MR) is 113 cm³/mol. The zero-order chi connectivity index (χ0) is 32.2. The Morgan fingerprint density at radius 2 is 0.714 bits per heavy atom. The minimum absolute atomic E-state index is 0.0501. The molecule has 0 bridgehead atoms. The van der Waals surface area contributed by atoms with E-state index in [4.69, 9.17) is 11.5 Å². The molecule has 0 spiro atoms. The predicted octanol–water partition coefficient (Wildman–Crippen LogP) is 9.53. The maximum atomic E-state index is 14.1. The molecule has 4 N–H and O–H groups in total. The van der Waals surface area contributed by atoms with Gasteiger partial charge in [-0.1, -0.05) is 6.07 Å². The molecule has 0 radical (unpaired) electrons. The summed E-state index contributed by atoms with van der Waals surface area (Å²) in [6.07, 6.45) is -28.8. The molecule has 42 heavy (non-hydrogen) atoms. The van der Waals surface area contributed by atoms with Crippen LogP contribution < -0.4 is 20.9 Å². The Morgan fingerprint density at radius 3 is 0.976 bits per heavy atom. The number of anilines is 2. The monoisotopic (exact) mass is 632 g/mol. The van der Waals surface area contributed by atoms with Crippen molar-refractivity contribution in [1.82, 2.24) is 0 Å². The lowest BCUT2D eigenvalue weighted by Gasteiger charge is -2.24. The van der Waals surface area contributed by atoms with Crippen LogP contribution in [-0.4, -0.2) is 0 Å². The van der Waals surface area contributed by atoms with E-state index in [1.165, 1.54) is 0 Å². The first-order chi connectivity index (χ1) is 18.8. The van der Waals surface area contributed by atoms with Crippen LogP contribution in [0.1, 0.15) is 27.8 Å². The zero-order valence-electron chi connectivity index (χ0n) is 19.7. The van der Waals surface area contributed by atoms with Gasteiger partial charge in [-0.2, -0.15) is 65.9 Å². The van der Waals surface area contributed by atoms with E-state index in [0.29, 0.717) is 6.07 Å². The highest BCUT2D eigenvalue weighted by molar-refractivity contribution is 5.64. The molecular weight excluding hydrogens is 621 g/mol. The SMILES string of the molecule is Nc1ccc(C(F)(F)F)c(Oc2cccc(Oc3c(C(F)(F)F)ccc(N)c3C(F)(F)F)c2C(F)(F)F)c1C(F)(F)F. The molecule has 0 aliphatic carbocycles. The van der Waals surface area contributed by atoms with Gasteiger partial charge in [-0.05, 0) is 36.4 Å². The van der Waals surface area contributed by atoms with Gasteiger partial charge in [0.25, 0.3) is 0 Å². The first kappa shape index (κ1) is 32.3. The van der Waals surface area contributed by atoms with Crippen LogP contribution in [0.5, 0.6) is 23.0 Å². The van der Waals surface area contributed by atoms with E-state index in [-0.39, 0.29) is 36.4 Å². The standard InChI is InChI=1S/C23H11F15N2O2/c24-19(25,26)8-4-6-10(39)14(21(30,31)32)17(8)41-12-2-1-3-13(16(12)23(36,37)38)42-18-9(20(27,28)29)5-7-11(40)15(18)22(33,34)35/h1-7H,39-40H2. The van der Waals surface area contributed by atoms with Crippen molar-refractivity contribution in [3.63, 3.8) is 0 Å². The van der Waals surface area contributed by atoms with Gasteiger partial charge in [0.1, 0.15) is 28.2 Å². The molecule has 0 aromatic heterocycles. The number of alkyl halides is 15. The number of rotatable bonds is 4. The van der Waals surface area contributed by atoms with Crippen molar-refractivity contribution < 1.29 is 75.3 Å². The summed E-state index contributed by atoms with van der Waals surface area (Å²) in [4.78, 5) is 0. The Hall–Kier alpha value is -4.19. The number of ether oxygens (including phenoxy) is 2. The van der Waals surface area contributed by atoms with Crippen LogP contribution in [0.2, 0.25) is 0 Å². The summed E-state index contributed by atoms with van der Waals surface area (Å²) in [5.74, 6) is -8.41. The minimum atomic E-state index is -5.92. The second-order valence-corrected chi connectivity index (χ2v) is 8.14. The van der Waals surface area contributed by atoms with Crippen LogP contribution >= 0.6 is 0 Å². The normalized spacial score (nSPS) is 13.3. The lowest BCUT2D eigenvalue weighted by atomic mass is 10.0. The maximum Gasteiger partial charge on any atom is 0.423 e. The summed E-state index contributed by atoms with van der Waals surface area (Å²) in [7, 11) is 0. The second kappa shape index (κ2) is 10.3. The van der Waals surface area contributed by atoms with Gasteiger partial charge in [0, 0.05) is 11.4 Å². The van der Waals surface area contributed by atoms with Crippen LogP contribution in [0.15, 0.2) is 42.5 Å². The van der Waals surface area contributed by atoms with Crippen molar-refractivity contribution >= 4 is 11.4 Å². The molecule has 0 aliphatic rings. The fourth-order valence-corrected chi connectivity index (χ4v) is 3.62. The summed E-state index contributed by atoms with van der Waals surface area (Å²) in [6, 6.07) is 0.859. The lowest BCUT2D eigenvalue weighted by molar-refractivity contribution is -0.146. The van der Waals surface area contributed by atoms with Crippen molar-refractivity contribution in [2.75, 3.05) is 11.5 Å². The van der Waals surface area contributed by atoms with Gasteiger partial charge in [0.2, 0.25) is 0 Å². The van der Waals surface area contributed by atoms with Gasteiger partial charge < -0.3 is 20.9 Å². The van der Waals surface area contributed by atoms with Crippen LogP contribution in [0.25, 0.3) is 0 Å². The molecule has 3 aromatic rings. The van der Waals surface area contributed by atoms with E-state index in [2.05, 4.69) is 9.47 Å². The summed E-state index contributed by atoms with van der Waals surface area (Å²) in [5, 5.41) is 0. The van der Waals surface area contributed by atoms with E-state index in [1.807, 2.05) is 0 Å². The molecule has 0 saturated heterocycles. The average Bonchev–Trinajstić information content (AvgIpc) is 2.75. The Balaban J connectivity index is 2.38. The summed E-state index contributed by atoms with van der Waals surface area (Å²) >= 11 is 0. The molecule has 3 rings (SSSR count). The van der Waals surface area contributed by atoms with Crippen LogP contribution in [0.3, 0.4) is 0 Å². The molecule has 0 aliphatic heterocycles. The molecule has 0 atom stereocenters.